The molecule has 1 rings (SSSR count). The Kier molecular flexibility index (Phi) is 4.93. The van der Waals surface area contributed by atoms with Gasteiger partial charge in [0, 0.05) is 6.20 Å². The molecule has 1 heterocycles. The molecule has 0 radical (unpaired) electrons. The second-order valence-corrected chi connectivity index (χ2v) is 4.42. The van der Waals surface area contributed by atoms with Crippen LogP contribution in [0.4, 0.5) is 5.82 Å². The molecule has 2 atom stereocenters. The van der Waals surface area contributed by atoms with Crippen molar-refractivity contribution in [3.63, 3.8) is 0 Å². The smallest absolute Gasteiger partial charge is 0.326 e. The summed E-state index contributed by atoms with van der Waals surface area (Å²) in [4.78, 5) is 15.1. The van der Waals surface area contributed by atoms with Gasteiger partial charge in [0.05, 0.1) is 10.6 Å². The third kappa shape index (κ3) is 3.34. The SMILES string of the molecule is CC[C@H](C)[C@H](Nc1ncc(C#N)cc1Cl)C(=O)O. The third-order valence-corrected chi connectivity index (χ3v) is 3.03. The largest absolute Gasteiger partial charge is 0.480 e. The van der Waals surface area contributed by atoms with E-state index in [1.807, 2.05) is 19.9 Å². The summed E-state index contributed by atoms with van der Waals surface area (Å²) < 4.78 is 0. The predicted octanol–water partition coefficient (Wildman–Crippen LogP) is 2.52. The molecule has 5 nitrogen and oxygen atoms in total. The summed E-state index contributed by atoms with van der Waals surface area (Å²) in [6, 6.07) is 2.61. The average molecular weight is 268 g/mol. The molecule has 1 aromatic heterocycles. The fourth-order valence-corrected chi connectivity index (χ4v) is 1.66. The van der Waals surface area contributed by atoms with Gasteiger partial charge in [-0.3, -0.25) is 0 Å². The zero-order valence-corrected chi connectivity index (χ0v) is 10.9. The van der Waals surface area contributed by atoms with E-state index in [1.54, 1.807) is 0 Å². The van der Waals surface area contributed by atoms with Crippen LogP contribution >= 0.6 is 11.6 Å². The number of pyridine rings is 1. The monoisotopic (exact) mass is 267 g/mol. The molecule has 0 aromatic carbocycles. The molecule has 0 aliphatic rings. The van der Waals surface area contributed by atoms with Crippen LogP contribution in [0.1, 0.15) is 25.8 Å². The number of halogens is 1. The number of aliphatic carboxylic acids is 1. The molecule has 0 saturated heterocycles. The number of hydrogen-bond donors (Lipinski definition) is 2. The molecular weight excluding hydrogens is 254 g/mol. The summed E-state index contributed by atoms with van der Waals surface area (Å²) >= 11 is 5.94. The number of hydrogen-bond acceptors (Lipinski definition) is 4. The first-order valence-corrected chi connectivity index (χ1v) is 5.92. The van der Waals surface area contributed by atoms with Crippen molar-refractivity contribution in [2.45, 2.75) is 26.3 Å². The standard InChI is InChI=1S/C12H14ClN3O2/c1-3-7(2)10(12(17)18)16-11-9(13)4-8(5-14)6-15-11/h4,6-7,10H,3H2,1-2H3,(H,15,16)(H,17,18)/t7-,10-/m0/s1. The lowest BCUT2D eigenvalue weighted by molar-refractivity contribution is -0.139. The minimum absolute atomic E-state index is 0.0592. The minimum atomic E-state index is -0.952. The quantitative estimate of drug-likeness (QED) is 0.856. The molecule has 1 aromatic rings. The number of nitrogens with zero attached hydrogens (tertiary/aromatic N) is 2. The molecule has 6 heteroatoms. The van der Waals surface area contributed by atoms with Gasteiger partial charge in [0.15, 0.2) is 0 Å². The van der Waals surface area contributed by atoms with Crippen LogP contribution < -0.4 is 5.32 Å². The fourth-order valence-electron chi connectivity index (χ4n) is 1.44. The zero-order chi connectivity index (χ0) is 13.7. The third-order valence-electron chi connectivity index (χ3n) is 2.74. The van der Waals surface area contributed by atoms with Gasteiger partial charge < -0.3 is 10.4 Å². The Bertz CT molecular complexity index is 485. The maximum Gasteiger partial charge on any atom is 0.326 e. The van der Waals surface area contributed by atoms with Gasteiger partial charge in [0.2, 0.25) is 0 Å². The summed E-state index contributed by atoms with van der Waals surface area (Å²) in [5.74, 6) is -0.731. The van der Waals surface area contributed by atoms with Gasteiger partial charge in [0.25, 0.3) is 0 Å². The van der Waals surface area contributed by atoms with Gasteiger partial charge in [-0.05, 0) is 12.0 Å². The van der Waals surface area contributed by atoms with Crippen LogP contribution in [0.3, 0.4) is 0 Å². The lowest BCUT2D eigenvalue weighted by Gasteiger charge is -2.21. The van der Waals surface area contributed by atoms with Crippen LogP contribution in [-0.4, -0.2) is 22.1 Å². The van der Waals surface area contributed by atoms with Gasteiger partial charge in [-0.15, -0.1) is 0 Å². The molecule has 0 aliphatic heterocycles. The summed E-state index contributed by atoms with van der Waals surface area (Å²) in [6.07, 6.45) is 2.07. The molecule has 0 amide bonds. The van der Waals surface area contributed by atoms with Crippen LogP contribution in [0.5, 0.6) is 0 Å². The van der Waals surface area contributed by atoms with Crippen molar-refractivity contribution >= 4 is 23.4 Å². The molecule has 96 valence electrons. The molecule has 0 bridgehead atoms. The topological polar surface area (TPSA) is 86.0 Å². The highest BCUT2D eigenvalue weighted by molar-refractivity contribution is 6.33. The van der Waals surface area contributed by atoms with Crippen LogP contribution in [0.2, 0.25) is 5.02 Å². The highest BCUT2D eigenvalue weighted by Crippen LogP contribution is 2.22. The van der Waals surface area contributed by atoms with Crippen LogP contribution in [0.15, 0.2) is 12.3 Å². The van der Waals surface area contributed by atoms with E-state index in [0.29, 0.717) is 5.56 Å². The van der Waals surface area contributed by atoms with Gasteiger partial charge in [0.1, 0.15) is 17.9 Å². The Labute approximate surface area is 110 Å². The molecule has 0 fully saturated rings. The number of carbonyl (C=O) groups is 1. The molecule has 0 saturated carbocycles. The Balaban J connectivity index is 2.95. The fraction of sp³-hybridized carbons (Fsp3) is 0.417. The Morgan fingerprint density at radius 2 is 2.39 bits per heavy atom. The lowest BCUT2D eigenvalue weighted by atomic mass is 9.99. The van der Waals surface area contributed by atoms with Crippen molar-refractivity contribution in [3.8, 4) is 6.07 Å². The molecule has 0 spiro atoms. The second-order valence-electron chi connectivity index (χ2n) is 4.01. The Hall–Kier alpha value is -1.80. The van der Waals surface area contributed by atoms with Crippen molar-refractivity contribution in [2.24, 2.45) is 5.92 Å². The van der Waals surface area contributed by atoms with E-state index < -0.39 is 12.0 Å². The van der Waals surface area contributed by atoms with Gasteiger partial charge >= 0.3 is 5.97 Å². The minimum Gasteiger partial charge on any atom is -0.480 e. The molecule has 18 heavy (non-hydrogen) atoms. The number of anilines is 1. The first kappa shape index (κ1) is 14.3. The zero-order valence-electron chi connectivity index (χ0n) is 10.1. The van der Waals surface area contributed by atoms with E-state index in [9.17, 15) is 4.79 Å². The highest BCUT2D eigenvalue weighted by Gasteiger charge is 2.24. The Morgan fingerprint density at radius 1 is 1.72 bits per heavy atom. The van der Waals surface area contributed by atoms with E-state index in [0.717, 1.165) is 6.42 Å². The average Bonchev–Trinajstić information content (AvgIpc) is 2.35. The summed E-state index contributed by atoms with van der Waals surface area (Å²) in [6.45, 7) is 3.75. The normalized spacial score (nSPS) is 13.4. The molecule has 0 unspecified atom stereocenters. The maximum atomic E-state index is 11.2. The van der Waals surface area contributed by atoms with Gasteiger partial charge in [-0.25, -0.2) is 9.78 Å². The number of carboxylic acid groups (broad SMARTS) is 1. The number of nitriles is 1. The molecule has 0 aliphatic carbocycles. The van der Waals surface area contributed by atoms with E-state index in [2.05, 4.69) is 10.3 Å². The maximum absolute atomic E-state index is 11.2. The first-order valence-electron chi connectivity index (χ1n) is 5.54. The van der Waals surface area contributed by atoms with Crippen molar-refractivity contribution in [3.05, 3.63) is 22.8 Å². The van der Waals surface area contributed by atoms with Crippen molar-refractivity contribution in [2.75, 3.05) is 5.32 Å². The molecular formula is C12H14ClN3O2. The van der Waals surface area contributed by atoms with Crippen LogP contribution in [0, 0.1) is 17.2 Å². The van der Waals surface area contributed by atoms with Gasteiger partial charge in [-0.2, -0.15) is 5.26 Å². The van der Waals surface area contributed by atoms with E-state index in [-0.39, 0.29) is 16.8 Å². The van der Waals surface area contributed by atoms with E-state index >= 15 is 0 Å². The lowest BCUT2D eigenvalue weighted by Crippen LogP contribution is -2.35. The predicted molar refractivity (Wildman–Crippen MR) is 68.5 cm³/mol. The van der Waals surface area contributed by atoms with E-state index in [4.69, 9.17) is 22.0 Å². The first-order chi connectivity index (χ1) is 8.49. The highest BCUT2D eigenvalue weighted by atomic mass is 35.5. The number of aromatic nitrogens is 1. The number of nitrogens with one attached hydrogen (secondary N) is 1. The summed E-state index contributed by atoms with van der Waals surface area (Å²) in [5.41, 5.74) is 0.334. The van der Waals surface area contributed by atoms with Crippen molar-refractivity contribution in [1.29, 1.82) is 5.26 Å². The van der Waals surface area contributed by atoms with Crippen LogP contribution in [-0.2, 0) is 4.79 Å². The number of carboxylic acids is 1. The number of rotatable bonds is 5. The van der Waals surface area contributed by atoms with E-state index in [1.165, 1.54) is 12.3 Å². The summed E-state index contributed by atoms with van der Waals surface area (Å²) in [5, 5.41) is 20.9. The summed E-state index contributed by atoms with van der Waals surface area (Å²) in [7, 11) is 0. The van der Waals surface area contributed by atoms with Crippen LogP contribution in [0.25, 0.3) is 0 Å². The van der Waals surface area contributed by atoms with Crippen molar-refractivity contribution < 1.29 is 9.90 Å². The van der Waals surface area contributed by atoms with Crippen molar-refractivity contribution in [1.82, 2.24) is 4.98 Å². The van der Waals surface area contributed by atoms with Gasteiger partial charge in [-0.1, -0.05) is 31.9 Å². The second kappa shape index (κ2) is 6.22. The Morgan fingerprint density at radius 3 is 2.83 bits per heavy atom. The molecule has 2 N–H and O–H groups in total.